The number of benzene rings is 2. The molecule has 0 bridgehead atoms. The molecule has 2 N–H and O–H groups in total. The van der Waals surface area contributed by atoms with Gasteiger partial charge in [-0.25, -0.2) is 4.98 Å². The molecule has 28 heavy (non-hydrogen) atoms. The highest BCUT2D eigenvalue weighted by Gasteiger charge is 2.14. The number of aromatic amines is 1. The first-order valence-corrected chi connectivity index (χ1v) is 10.5. The Morgan fingerprint density at radius 1 is 1.14 bits per heavy atom. The van der Waals surface area contributed by atoms with E-state index < -0.39 is 0 Å². The quantitative estimate of drug-likeness (QED) is 0.284. The van der Waals surface area contributed by atoms with Crippen LogP contribution in [0.15, 0.2) is 70.6 Å². The predicted octanol–water partition coefficient (Wildman–Crippen LogP) is 4.24. The summed E-state index contributed by atoms with van der Waals surface area (Å²) in [4.78, 5) is 31.9. The second-order valence-corrected chi connectivity index (χ2v) is 8.37. The summed E-state index contributed by atoms with van der Waals surface area (Å²) in [5.74, 6) is -0.0522. The highest BCUT2D eigenvalue weighted by Crippen LogP contribution is 2.24. The maximum Gasteiger partial charge on any atom is 0.271 e. The fourth-order valence-corrected chi connectivity index (χ4v) is 4.55. The Balaban J connectivity index is 1.61. The van der Waals surface area contributed by atoms with Gasteiger partial charge in [0.15, 0.2) is 14.8 Å². The molecule has 0 saturated carbocycles. The Morgan fingerprint density at radius 2 is 1.82 bits per heavy atom. The number of H-pyrrole nitrogens is 1. The van der Waals surface area contributed by atoms with Crippen LogP contribution in [0.2, 0.25) is 0 Å². The molecule has 0 aliphatic heterocycles. The van der Waals surface area contributed by atoms with Crippen LogP contribution in [0, 0.1) is 3.95 Å². The van der Waals surface area contributed by atoms with Crippen LogP contribution >= 0.6 is 35.3 Å². The van der Waals surface area contributed by atoms with Crippen molar-refractivity contribution >= 4 is 57.3 Å². The van der Waals surface area contributed by atoms with Crippen LogP contribution in [0.1, 0.15) is 0 Å². The number of carbonyl (C=O) groups is 1. The van der Waals surface area contributed by atoms with E-state index in [0.29, 0.717) is 19.5 Å². The zero-order chi connectivity index (χ0) is 19.5. The van der Waals surface area contributed by atoms with Gasteiger partial charge in [-0.15, -0.1) is 0 Å². The molecule has 0 atom stereocenters. The average Bonchev–Trinajstić information content (AvgIpc) is 3.04. The lowest BCUT2D eigenvalue weighted by Crippen LogP contribution is -2.15. The van der Waals surface area contributed by atoms with E-state index in [1.54, 1.807) is 4.57 Å². The monoisotopic (exact) mass is 426 g/mol. The molecule has 4 aromatic rings. The number of carbonyl (C=O) groups excluding carboxylic acids is 1. The van der Waals surface area contributed by atoms with Gasteiger partial charge in [0.25, 0.3) is 5.56 Å². The number of amides is 1. The zero-order valence-electron chi connectivity index (χ0n) is 14.4. The summed E-state index contributed by atoms with van der Waals surface area (Å²) in [6.45, 7) is 0. The second kappa shape index (κ2) is 8.09. The van der Waals surface area contributed by atoms with E-state index in [9.17, 15) is 9.59 Å². The molecule has 2 aromatic carbocycles. The van der Waals surface area contributed by atoms with Gasteiger partial charge in [0, 0.05) is 11.4 Å². The zero-order valence-corrected chi connectivity index (χ0v) is 16.9. The molecule has 9 heteroatoms. The summed E-state index contributed by atoms with van der Waals surface area (Å²) in [6, 6.07) is 18.7. The van der Waals surface area contributed by atoms with Crippen molar-refractivity contribution in [2.75, 3.05) is 11.1 Å². The van der Waals surface area contributed by atoms with Crippen LogP contribution in [0.3, 0.4) is 0 Å². The van der Waals surface area contributed by atoms with Gasteiger partial charge >= 0.3 is 0 Å². The predicted molar refractivity (Wildman–Crippen MR) is 116 cm³/mol. The Hall–Kier alpha value is -2.75. The third-order valence-electron chi connectivity index (χ3n) is 3.83. The number of nitrogens with one attached hydrogen (secondary N) is 2. The van der Waals surface area contributed by atoms with Crippen LogP contribution in [0.25, 0.3) is 16.0 Å². The largest absolute Gasteiger partial charge is 0.325 e. The molecule has 0 aliphatic carbocycles. The first-order chi connectivity index (χ1) is 13.6. The molecular formula is C19H14N4O2S3. The SMILES string of the molecule is O=C(CSc1nc2c(sc(=S)n2-c2ccccc2)c(=O)[nH]1)Nc1ccccc1. The maximum atomic E-state index is 12.5. The molecule has 2 heterocycles. The molecule has 0 aliphatic rings. The average molecular weight is 427 g/mol. The normalized spacial score (nSPS) is 10.9. The van der Waals surface area contributed by atoms with E-state index in [2.05, 4.69) is 15.3 Å². The van der Waals surface area contributed by atoms with Crippen molar-refractivity contribution in [1.82, 2.24) is 14.5 Å². The van der Waals surface area contributed by atoms with Gasteiger partial charge in [-0.2, -0.15) is 0 Å². The first kappa shape index (κ1) is 18.6. The molecule has 0 fully saturated rings. The standard InChI is InChI=1S/C19H14N4O2S3/c24-14(20-12-7-3-1-4-8-12)11-27-18-21-16-15(17(25)22-18)28-19(26)23(16)13-9-5-2-6-10-13/h1-10H,11H2,(H,20,24)(H,21,22,25). The van der Waals surface area contributed by atoms with Crippen molar-refractivity contribution in [2.24, 2.45) is 0 Å². The number of hydrogen-bond donors (Lipinski definition) is 2. The van der Waals surface area contributed by atoms with Crippen molar-refractivity contribution in [2.45, 2.75) is 5.16 Å². The van der Waals surface area contributed by atoms with E-state index in [1.807, 2.05) is 60.7 Å². The van der Waals surface area contributed by atoms with Crippen molar-refractivity contribution in [3.05, 3.63) is 75.0 Å². The van der Waals surface area contributed by atoms with E-state index in [0.717, 1.165) is 11.4 Å². The van der Waals surface area contributed by atoms with Gasteiger partial charge in [-0.3, -0.25) is 14.2 Å². The summed E-state index contributed by atoms with van der Waals surface area (Å²) in [7, 11) is 0. The van der Waals surface area contributed by atoms with Gasteiger partial charge in [-0.05, 0) is 36.5 Å². The highest BCUT2D eigenvalue weighted by atomic mass is 32.2. The first-order valence-electron chi connectivity index (χ1n) is 8.31. The summed E-state index contributed by atoms with van der Waals surface area (Å²) < 4.78 is 2.79. The second-order valence-electron chi connectivity index (χ2n) is 5.77. The molecule has 0 unspecified atom stereocenters. The maximum absolute atomic E-state index is 12.5. The molecule has 0 spiro atoms. The third kappa shape index (κ3) is 3.91. The molecule has 0 saturated heterocycles. The molecule has 4 rings (SSSR count). The number of aromatic nitrogens is 3. The summed E-state index contributed by atoms with van der Waals surface area (Å²) in [6.07, 6.45) is 0. The van der Waals surface area contributed by atoms with E-state index >= 15 is 0 Å². The Kier molecular flexibility index (Phi) is 5.38. The van der Waals surface area contributed by atoms with Gasteiger partial charge in [0.1, 0.15) is 4.70 Å². The van der Waals surface area contributed by atoms with Crippen LogP contribution in [0.5, 0.6) is 0 Å². The molecule has 140 valence electrons. The fourth-order valence-electron chi connectivity index (χ4n) is 2.62. The third-order valence-corrected chi connectivity index (χ3v) is 6.07. The van der Waals surface area contributed by atoms with Crippen LogP contribution < -0.4 is 10.9 Å². The molecular weight excluding hydrogens is 412 g/mol. The van der Waals surface area contributed by atoms with Gasteiger partial charge in [-0.1, -0.05) is 59.5 Å². The summed E-state index contributed by atoms with van der Waals surface area (Å²) in [5.41, 5.74) is 1.80. The molecule has 0 radical (unpaired) electrons. The van der Waals surface area contributed by atoms with Crippen molar-refractivity contribution in [3.8, 4) is 5.69 Å². The number of hydrogen-bond acceptors (Lipinski definition) is 6. The lowest BCUT2D eigenvalue weighted by Gasteiger charge is -2.06. The van der Waals surface area contributed by atoms with E-state index in [4.69, 9.17) is 12.2 Å². The van der Waals surface area contributed by atoms with Gasteiger partial charge < -0.3 is 10.3 Å². The minimum absolute atomic E-state index is 0.125. The lowest BCUT2D eigenvalue weighted by molar-refractivity contribution is -0.113. The molecule has 6 nitrogen and oxygen atoms in total. The van der Waals surface area contributed by atoms with Crippen molar-refractivity contribution < 1.29 is 4.79 Å². The lowest BCUT2D eigenvalue weighted by atomic mass is 10.3. The summed E-state index contributed by atoms with van der Waals surface area (Å²) in [5, 5.41) is 3.18. The Morgan fingerprint density at radius 3 is 2.54 bits per heavy atom. The number of thiazole rings is 1. The van der Waals surface area contributed by atoms with Crippen LogP contribution in [-0.2, 0) is 4.79 Å². The van der Waals surface area contributed by atoms with Crippen LogP contribution in [0.4, 0.5) is 5.69 Å². The Labute approximate surface area is 173 Å². The minimum Gasteiger partial charge on any atom is -0.325 e. The number of para-hydroxylation sites is 2. The number of nitrogens with zero attached hydrogens (tertiary/aromatic N) is 2. The summed E-state index contributed by atoms with van der Waals surface area (Å²) >= 11 is 7.82. The topological polar surface area (TPSA) is 79.8 Å². The fraction of sp³-hybridized carbons (Fsp3) is 0.0526. The van der Waals surface area contributed by atoms with Crippen molar-refractivity contribution in [1.29, 1.82) is 0 Å². The molecule has 2 aromatic heterocycles. The smallest absolute Gasteiger partial charge is 0.271 e. The van der Waals surface area contributed by atoms with Crippen molar-refractivity contribution in [3.63, 3.8) is 0 Å². The number of fused-ring (bicyclic) bond motifs is 1. The van der Waals surface area contributed by atoms with E-state index in [-0.39, 0.29) is 17.2 Å². The van der Waals surface area contributed by atoms with E-state index in [1.165, 1.54) is 23.1 Å². The number of thioether (sulfide) groups is 1. The molecule has 1 amide bonds. The number of rotatable bonds is 5. The van der Waals surface area contributed by atoms with Gasteiger partial charge in [0.05, 0.1) is 5.75 Å². The van der Waals surface area contributed by atoms with Crippen LogP contribution in [-0.4, -0.2) is 26.2 Å². The van der Waals surface area contributed by atoms with Gasteiger partial charge in [0.2, 0.25) is 5.91 Å². The minimum atomic E-state index is -0.262. The number of anilines is 1. The Bertz CT molecular complexity index is 1250. The highest BCUT2D eigenvalue weighted by molar-refractivity contribution is 7.99.